The topological polar surface area (TPSA) is 272 Å². The van der Waals surface area contributed by atoms with Crippen LogP contribution in [0, 0.1) is 0 Å². The molecule has 0 aliphatic carbocycles. The summed E-state index contributed by atoms with van der Waals surface area (Å²) in [5, 5.41) is 0. The molecule has 0 rings (SSSR count). The van der Waals surface area contributed by atoms with E-state index in [0.717, 1.165) is 0 Å². The molecular formula is H16N4O7S3. The number of hydrogen-bond acceptors (Lipinski definition) is 8. The van der Waals surface area contributed by atoms with Crippen LogP contribution in [-0.4, -0.2) is 30.8 Å². The highest BCUT2D eigenvalue weighted by molar-refractivity contribution is 8.26. The van der Waals surface area contributed by atoms with Gasteiger partial charge in [0, 0.05) is 11.2 Å². The summed E-state index contributed by atoms with van der Waals surface area (Å²) in [4.78, 5) is 0. The molecular weight excluding hydrogens is 264 g/mol. The Balaban J connectivity index is -0.0000000178. The molecule has 0 saturated heterocycles. The van der Waals surface area contributed by atoms with Crippen LogP contribution in [0.5, 0.6) is 0 Å². The normalized spacial score (nSPS) is 8.29. The van der Waals surface area contributed by atoms with Crippen LogP contribution in [0.1, 0.15) is 0 Å². The average Bonchev–Trinajstić information content (AvgIpc) is 1.12. The lowest BCUT2D eigenvalue weighted by Crippen LogP contribution is -1.89. The Kier molecular flexibility index (Phi) is 34.3. The van der Waals surface area contributed by atoms with Gasteiger partial charge in [0.2, 0.25) is 0 Å². The monoisotopic (exact) mass is 280 g/mol. The van der Waals surface area contributed by atoms with Crippen LogP contribution in [0.15, 0.2) is 0 Å². The van der Waals surface area contributed by atoms with Gasteiger partial charge in [-0.25, -0.2) is 0 Å². The van der Waals surface area contributed by atoms with Crippen molar-refractivity contribution in [2.45, 2.75) is 0 Å². The molecule has 0 aromatic heterocycles. The van der Waals surface area contributed by atoms with Gasteiger partial charge in [0.15, 0.2) is 0 Å². The van der Waals surface area contributed by atoms with E-state index in [4.69, 9.17) is 30.8 Å². The molecule has 0 unspecified atom stereocenters. The van der Waals surface area contributed by atoms with Gasteiger partial charge in [-0.1, -0.05) is 0 Å². The summed E-state index contributed by atoms with van der Waals surface area (Å²) < 4.78 is 55.5. The van der Waals surface area contributed by atoms with Crippen LogP contribution in [0.25, 0.3) is 0 Å². The summed E-state index contributed by atoms with van der Waals surface area (Å²) in [7, 11) is -8.50. The Morgan fingerprint density at radius 2 is 0.714 bits per heavy atom. The standard InChI is InChI=1S/4H3N.H2O4S.H2O3S2/c;;;;2*1-5(2,3)4/h4*1H3;2*(H2,1,2,3,4). The molecule has 0 bridgehead atoms. The predicted octanol–water partition coefficient (Wildman–Crippen LogP) is -0.326. The van der Waals surface area contributed by atoms with Crippen molar-refractivity contribution in [2.24, 2.45) is 0 Å². The van der Waals surface area contributed by atoms with E-state index in [-0.39, 0.29) is 24.6 Å². The van der Waals surface area contributed by atoms with Crippen LogP contribution in [-0.2, 0) is 30.6 Å². The fourth-order valence-electron chi connectivity index (χ4n) is 0. The second-order valence-electron chi connectivity index (χ2n) is 0.896. The van der Waals surface area contributed by atoms with Gasteiger partial charge in [0.05, 0.1) is 0 Å². The van der Waals surface area contributed by atoms with Crippen molar-refractivity contribution in [2.75, 3.05) is 0 Å². The second kappa shape index (κ2) is 13.0. The molecule has 0 aromatic carbocycles. The van der Waals surface area contributed by atoms with Crippen molar-refractivity contribution in [3.05, 3.63) is 0 Å². The van der Waals surface area contributed by atoms with Gasteiger partial charge in [0.1, 0.15) is 0 Å². The lowest BCUT2D eigenvalue weighted by molar-refractivity contribution is 0.381. The molecule has 0 radical (unpaired) electrons. The van der Waals surface area contributed by atoms with Gasteiger partial charge in [0.25, 0.3) is 9.05 Å². The van der Waals surface area contributed by atoms with Crippen molar-refractivity contribution in [1.82, 2.24) is 24.6 Å². The first kappa shape index (κ1) is 37.0. The Morgan fingerprint density at radius 1 is 0.714 bits per heavy atom. The molecule has 14 heteroatoms. The molecule has 16 N–H and O–H groups in total. The first-order valence-electron chi connectivity index (χ1n) is 1.40. The van der Waals surface area contributed by atoms with E-state index in [1.165, 1.54) is 0 Å². The van der Waals surface area contributed by atoms with E-state index in [2.05, 4.69) is 11.2 Å². The summed E-state index contributed by atoms with van der Waals surface area (Å²) in [6.45, 7) is 0. The van der Waals surface area contributed by atoms with Crippen LogP contribution in [0.2, 0.25) is 0 Å². The van der Waals surface area contributed by atoms with Gasteiger partial charge in [-0.05, 0) is 0 Å². The second-order valence-corrected chi connectivity index (χ2v) is 3.99. The molecule has 0 atom stereocenters. The van der Waals surface area contributed by atoms with Crippen molar-refractivity contribution in [3.63, 3.8) is 0 Å². The summed E-state index contributed by atoms with van der Waals surface area (Å²) in [6, 6.07) is 0. The quantitative estimate of drug-likeness (QED) is 0.265. The number of hydrogen-bond donors (Lipinski definition) is 8. The maximum absolute atomic E-state index is 9.11. The Bertz CT molecular complexity index is 217. The third-order valence-electron chi connectivity index (χ3n) is 0. The zero-order valence-corrected chi connectivity index (χ0v) is 9.52. The van der Waals surface area contributed by atoms with E-state index in [0.29, 0.717) is 0 Å². The molecule has 0 spiro atoms. The molecule has 14 heavy (non-hydrogen) atoms. The van der Waals surface area contributed by atoms with Crippen molar-refractivity contribution < 1.29 is 30.8 Å². The molecule has 0 aromatic rings. The fraction of sp³-hybridized carbons (Fsp3) is 0. The van der Waals surface area contributed by atoms with Gasteiger partial charge >= 0.3 is 10.4 Å². The summed E-state index contributed by atoms with van der Waals surface area (Å²) in [5.41, 5.74) is 0. The van der Waals surface area contributed by atoms with Crippen LogP contribution < -0.4 is 24.6 Å². The smallest absolute Gasteiger partial charge is 0.344 e. The predicted molar refractivity (Wildman–Crippen MR) is 55.0 cm³/mol. The van der Waals surface area contributed by atoms with Gasteiger partial charge in [-0.15, -0.1) is 0 Å². The minimum absolute atomic E-state index is 0. The van der Waals surface area contributed by atoms with E-state index >= 15 is 0 Å². The highest BCUT2D eigenvalue weighted by Crippen LogP contribution is 1.62. The summed E-state index contributed by atoms with van der Waals surface area (Å²) >= 11 is 3.47. The van der Waals surface area contributed by atoms with Crippen molar-refractivity contribution >= 4 is 30.6 Å². The lowest BCUT2D eigenvalue weighted by atomic mass is 14.0. The van der Waals surface area contributed by atoms with Gasteiger partial charge in [-0.3, -0.25) is 18.2 Å². The molecule has 0 amide bonds. The third kappa shape index (κ3) is 1880000000000000132877421195437277184. The SMILES string of the molecule is N.N.N.N.O=S(=O)(O)O.O=S(O)(O)=S. The van der Waals surface area contributed by atoms with E-state index in [1.54, 1.807) is 0 Å². The Hall–Kier alpha value is -0.0000000000000000278. The van der Waals surface area contributed by atoms with Gasteiger partial charge in [-0.2, -0.15) is 12.6 Å². The van der Waals surface area contributed by atoms with Gasteiger partial charge < -0.3 is 24.6 Å². The maximum atomic E-state index is 9.11. The highest BCUT2D eigenvalue weighted by Gasteiger charge is 1.84. The fourth-order valence-corrected chi connectivity index (χ4v) is 0. The first-order chi connectivity index (χ1) is 4.00. The summed E-state index contributed by atoms with van der Waals surface area (Å²) in [5.74, 6) is 0. The lowest BCUT2D eigenvalue weighted by Gasteiger charge is -1.73. The minimum atomic E-state index is -4.67. The Morgan fingerprint density at radius 3 is 0.714 bits per heavy atom. The molecule has 0 heterocycles. The molecule has 0 aliphatic heterocycles. The Labute approximate surface area is 86.5 Å². The average molecular weight is 280 g/mol. The van der Waals surface area contributed by atoms with Crippen LogP contribution in [0.4, 0.5) is 0 Å². The number of rotatable bonds is 0. The highest BCUT2D eigenvalue weighted by atomic mass is 32.9. The van der Waals surface area contributed by atoms with E-state index in [1.807, 2.05) is 0 Å². The zero-order chi connectivity index (χ0) is 9.00. The van der Waals surface area contributed by atoms with Crippen molar-refractivity contribution in [1.29, 1.82) is 0 Å². The van der Waals surface area contributed by atoms with E-state index in [9.17, 15) is 0 Å². The third-order valence-corrected chi connectivity index (χ3v) is 0. The van der Waals surface area contributed by atoms with Crippen LogP contribution in [0.3, 0.4) is 0 Å². The zero-order valence-electron chi connectivity index (χ0n) is 7.07. The molecule has 0 aliphatic rings. The molecule has 11 nitrogen and oxygen atoms in total. The van der Waals surface area contributed by atoms with E-state index < -0.39 is 19.5 Å². The summed E-state index contributed by atoms with van der Waals surface area (Å²) in [6.07, 6.45) is 0. The maximum Gasteiger partial charge on any atom is 0.394 e. The molecule has 96 valence electrons. The minimum Gasteiger partial charge on any atom is -0.344 e. The molecule has 0 saturated carbocycles. The molecule has 0 fully saturated rings. The largest absolute Gasteiger partial charge is 0.394 e. The van der Waals surface area contributed by atoms with Crippen LogP contribution >= 0.6 is 0 Å². The van der Waals surface area contributed by atoms with Crippen molar-refractivity contribution in [3.8, 4) is 0 Å². The first-order valence-corrected chi connectivity index (χ1v) is 5.19.